The Balaban J connectivity index is 2.04. The molecule has 1 aliphatic rings. The van der Waals surface area contributed by atoms with E-state index in [0.29, 0.717) is 5.92 Å². The van der Waals surface area contributed by atoms with Gasteiger partial charge in [-0.3, -0.25) is 0 Å². The van der Waals surface area contributed by atoms with Crippen LogP contribution in [0.5, 0.6) is 0 Å². The zero-order valence-electron chi connectivity index (χ0n) is 10.5. The van der Waals surface area contributed by atoms with Gasteiger partial charge in [-0.2, -0.15) is 0 Å². The molecule has 1 saturated carbocycles. The van der Waals surface area contributed by atoms with Crippen molar-refractivity contribution in [2.45, 2.75) is 44.6 Å². The number of imidazole rings is 1. The van der Waals surface area contributed by atoms with Gasteiger partial charge in [-0.1, -0.05) is 12.5 Å². The zero-order valence-corrected chi connectivity index (χ0v) is 10.5. The predicted molar refractivity (Wildman–Crippen MR) is 69.9 cm³/mol. The van der Waals surface area contributed by atoms with Crippen LogP contribution in [-0.4, -0.2) is 9.97 Å². The van der Waals surface area contributed by atoms with Gasteiger partial charge in [0, 0.05) is 11.5 Å². The topological polar surface area (TPSA) is 54.7 Å². The molecule has 1 aliphatic carbocycles. The first-order chi connectivity index (χ1) is 8.04. The molecule has 0 spiro atoms. The van der Waals surface area contributed by atoms with Gasteiger partial charge in [0.05, 0.1) is 11.0 Å². The standard InChI is InChI=1S/C14H19N3/c1-14(2,15)10-6-7-11-12(8-10)17-13(16-11)9-4-3-5-9/h6-9H,3-5,15H2,1-2H3,(H,16,17). The second kappa shape index (κ2) is 3.57. The van der Waals surface area contributed by atoms with Crippen molar-refractivity contribution in [1.82, 2.24) is 9.97 Å². The molecule has 0 saturated heterocycles. The molecule has 0 radical (unpaired) electrons. The Morgan fingerprint density at radius 1 is 1.35 bits per heavy atom. The number of aromatic amines is 1. The summed E-state index contributed by atoms with van der Waals surface area (Å²) < 4.78 is 0. The summed E-state index contributed by atoms with van der Waals surface area (Å²) in [6.07, 6.45) is 3.88. The van der Waals surface area contributed by atoms with Gasteiger partial charge in [0.15, 0.2) is 0 Å². The lowest BCUT2D eigenvalue weighted by Crippen LogP contribution is -2.28. The van der Waals surface area contributed by atoms with E-state index < -0.39 is 0 Å². The molecule has 0 bridgehead atoms. The van der Waals surface area contributed by atoms with E-state index >= 15 is 0 Å². The van der Waals surface area contributed by atoms with Crippen molar-refractivity contribution >= 4 is 11.0 Å². The lowest BCUT2D eigenvalue weighted by atomic mass is 9.85. The van der Waals surface area contributed by atoms with Crippen molar-refractivity contribution < 1.29 is 0 Å². The van der Waals surface area contributed by atoms with Crippen LogP contribution in [0.2, 0.25) is 0 Å². The van der Waals surface area contributed by atoms with E-state index in [2.05, 4.69) is 28.2 Å². The molecule has 3 N–H and O–H groups in total. The molecule has 90 valence electrons. The van der Waals surface area contributed by atoms with Gasteiger partial charge in [-0.15, -0.1) is 0 Å². The summed E-state index contributed by atoms with van der Waals surface area (Å²) in [6.45, 7) is 4.05. The highest BCUT2D eigenvalue weighted by Crippen LogP contribution is 2.35. The molecule has 3 nitrogen and oxygen atoms in total. The molecule has 0 aliphatic heterocycles. The van der Waals surface area contributed by atoms with E-state index in [0.717, 1.165) is 22.4 Å². The Morgan fingerprint density at radius 2 is 2.12 bits per heavy atom. The summed E-state index contributed by atoms with van der Waals surface area (Å²) in [6, 6.07) is 6.27. The van der Waals surface area contributed by atoms with Crippen molar-refractivity contribution in [3.63, 3.8) is 0 Å². The predicted octanol–water partition coefficient (Wildman–Crippen LogP) is 3.02. The largest absolute Gasteiger partial charge is 0.342 e. The number of H-pyrrole nitrogens is 1. The van der Waals surface area contributed by atoms with Crippen LogP contribution in [-0.2, 0) is 5.54 Å². The summed E-state index contributed by atoms with van der Waals surface area (Å²) in [5.74, 6) is 1.80. The highest BCUT2D eigenvalue weighted by atomic mass is 14.9. The molecule has 1 aromatic carbocycles. The number of aromatic nitrogens is 2. The summed E-state index contributed by atoms with van der Waals surface area (Å²) >= 11 is 0. The maximum atomic E-state index is 6.12. The zero-order chi connectivity index (χ0) is 12.0. The number of hydrogen-bond donors (Lipinski definition) is 2. The highest BCUT2D eigenvalue weighted by molar-refractivity contribution is 5.76. The van der Waals surface area contributed by atoms with Crippen LogP contribution in [0.3, 0.4) is 0 Å². The third kappa shape index (κ3) is 1.84. The van der Waals surface area contributed by atoms with Gasteiger partial charge in [0.1, 0.15) is 5.82 Å². The number of rotatable bonds is 2. The number of nitrogens with zero attached hydrogens (tertiary/aromatic N) is 1. The van der Waals surface area contributed by atoms with E-state index in [4.69, 9.17) is 5.73 Å². The van der Waals surface area contributed by atoms with E-state index in [-0.39, 0.29) is 5.54 Å². The van der Waals surface area contributed by atoms with Crippen LogP contribution in [0.15, 0.2) is 18.2 Å². The Kier molecular flexibility index (Phi) is 2.26. The monoisotopic (exact) mass is 229 g/mol. The van der Waals surface area contributed by atoms with Crippen molar-refractivity contribution in [2.75, 3.05) is 0 Å². The van der Waals surface area contributed by atoms with Crippen molar-refractivity contribution in [3.8, 4) is 0 Å². The maximum absolute atomic E-state index is 6.12. The van der Waals surface area contributed by atoms with Crippen LogP contribution in [0.4, 0.5) is 0 Å². The third-order valence-electron chi connectivity index (χ3n) is 3.74. The maximum Gasteiger partial charge on any atom is 0.110 e. The summed E-state index contributed by atoms with van der Waals surface area (Å²) in [7, 11) is 0. The Morgan fingerprint density at radius 3 is 2.71 bits per heavy atom. The minimum Gasteiger partial charge on any atom is -0.342 e. The minimum atomic E-state index is -0.296. The molecule has 0 atom stereocenters. The van der Waals surface area contributed by atoms with E-state index in [1.54, 1.807) is 0 Å². The van der Waals surface area contributed by atoms with E-state index in [1.165, 1.54) is 19.3 Å². The number of hydrogen-bond acceptors (Lipinski definition) is 2. The number of nitrogens with one attached hydrogen (secondary N) is 1. The molecule has 0 unspecified atom stereocenters. The first kappa shape index (κ1) is 10.8. The van der Waals surface area contributed by atoms with Crippen molar-refractivity contribution in [3.05, 3.63) is 29.6 Å². The number of benzene rings is 1. The van der Waals surface area contributed by atoms with Gasteiger partial charge < -0.3 is 10.7 Å². The number of fused-ring (bicyclic) bond motifs is 1. The average molecular weight is 229 g/mol. The van der Waals surface area contributed by atoms with Crippen LogP contribution in [0.1, 0.15) is 50.4 Å². The van der Waals surface area contributed by atoms with E-state index in [1.807, 2.05) is 13.8 Å². The first-order valence-electron chi connectivity index (χ1n) is 6.33. The fraction of sp³-hybridized carbons (Fsp3) is 0.500. The van der Waals surface area contributed by atoms with E-state index in [9.17, 15) is 0 Å². The lowest BCUT2D eigenvalue weighted by molar-refractivity contribution is 0.405. The summed E-state index contributed by atoms with van der Waals surface area (Å²) in [4.78, 5) is 8.10. The molecule has 0 amide bonds. The second-order valence-electron chi connectivity index (χ2n) is 5.70. The van der Waals surface area contributed by atoms with Gasteiger partial charge in [-0.05, 0) is 44.4 Å². The van der Waals surface area contributed by atoms with Crippen molar-refractivity contribution in [2.24, 2.45) is 5.73 Å². The molecular weight excluding hydrogens is 210 g/mol. The number of nitrogens with two attached hydrogens (primary N) is 1. The van der Waals surface area contributed by atoms with Crippen molar-refractivity contribution in [1.29, 1.82) is 0 Å². The molecule has 1 aromatic heterocycles. The average Bonchev–Trinajstić information content (AvgIpc) is 2.54. The summed E-state index contributed by atoms with van der Waals surface area (Å²) in [5.41, 5.74) is 9.14. The Hall–Kier alpha value is -1.35. The molecule has 1 heterocycles. The molecule has 2 aromatic rings. The fourth-order valence-electron chi connectivity index (χ4n) is 2.31. The van der Waals surface area contributed by atoms with Gasteiger partial charge >= 0.3 is 0 Å². The fourth-order valence-corrected chi connectivity index (χ4v) is 2.31. The van der Waals surface area contributed by atoms with Gasteiger partial charge in [0.25, 0.3) is 0 Å². The molecule has 1 fully saturated rings. The lowest BCUT2D eigenvalue weighted by Gasteiger charge is -2.22. The summed E-state index contributed by atoms with van der Waals surface area (Å²) in [5, 5.41) is 0. The van der Waals surface area contributed by atoms with Crippen LogP contribution < -0.4 is 5.73 Å². The minimum absolute atomic E-state index is 0.296. The van der Waals surface area contributed by atoms with Crippen LogP contribution in [0.25, 0.3) is 11.0 Å². The highest BCUT2D eigenvalue weighted by Gasteiger charge is 2.23. The van der Waals surface area contributed by atoms with Crippen LogP contribution in [0, 0.1) is 0 Å². The molecule has 17 heavy (non-hydrogen) atoms. The second-order valence-corrected chi connectivity index (χ2v) is 5.70. The third-order valence-corrected chi connectivity index (χ3v) is 3.74. The van der Waals surface area contributed by atoms with Gasteiger partial charge in [0.2, 0.25) is 0 Å². The molecule has 3 heteroatoms. The first-order valence-corrected chi connectivity index (χ1v) is 6.33. The normalized spacial score (nSPS) is 17.4. The Bertz CT molecular complexity index is 544. The Labute approximate surface area is 101 Å². The van der Waals surface area contributed by atoms with Gasteiger partial charge in [-0.25, -0.2) is 4.98 Å². The smallest absolute Gasteiger partial charge is 0.110 e. The van der Waals surface area contributed by atoms with Crippen LogP contribution >= 0.6 is 0 Å². The quantitative estimate of drug-likeness (QED) is 0.831. The molecular formula is C14H19N3. The molecule has 3 rings (SSSR count). The SMILES string of the molecule is CC(C)(N)c1ccc2nc(C3CCC3)[nH]c2c1.